The molecule has 0 saturated carbocycles. The molecule has 0 bridgehead atoms. The Hall–Kier alpha value is -3.28. The molecule has 1 saturated heterocycles. The van der Waals surface area contributed by atoms with Crippen LogP contribution in [0, 0.1) is 5.82 Å². The van der Waals surface area contributed by atoms with E-state index in [4.69, 9.17) is 4.74 Å². The van der Waals surface area contributed by atoms with Gasteiger partial charge in [-0.15, -0.1) is 0 Å². The van der Waals surface area contributed by atoms with Gasteiger partial charge in [0, 0.05) is 32.0 Å². The first-order valence-corrected chi connectivity index (χ1v) is 11.9. The summed E-state index contributed by atoms with van der Waals surface area (Å²) in [5, 5.41) is 0. The van der Waals surface area contributed by atoms with E-state index in [9.17, 15) is 17.6 Å². The number of nitrogens with zero attached hydrogens (tertiary/aromatic N) is 5. The molecule has 0 unspecified atom stereocenters. The second-order valence-corrected chi connectivity index (χ2v) is 9.42. The number of halogens is 1. The van der Waals surface area contributed by atoms with Gasteiger partial charge in [0.1, 0.15) is 24.1 Å². The lowest BCUT2D eigenvalue weighted by Gasteiger charge is -2.16. The first kappa shape index (κ1) is 21.9. The SMILES string of the molecule is CCC(=O)N1CC[C@H](Oc2ncnc3c2nc(-c2cc(F)cc(NS(C)(=O)=O)c2)n3C)C1. The van der Waals surface area contributed by atoms with Crippen LogP contribution in [0.2, 0.25) is 0 Å². The normalized spacial score (nSPS) is 16.5. The maximum Gasteiger partial charge on any atom is 0.245 e. The topological polar surface area (TPSA) is 119 Å². The highest BCUT2D eigenvalue weighted by molar-refractivity contribution is 7.92. The van der Waals surface area contributed by atoms with E-state index in [1.165, 1.54) is 18.5 Å². The third-order valence-electron chi connectivity index (χ3n) is 5.16. The molecule has 170 valence electrons. The highest BCUT2D eigenvalue weighted by Gasteiger charge is 2.28. The molecule has 2 aromatic heterocycles. The number of carbonyl (C=O) groups excluding carboxylic acids is 1. The van der Waals surface area contributed by atoms with Gasteiger partial charge in [-0.3, -0.25) is 9.52 Å². The number of ether oxygens (including phenoxy) is 1. The Labute approximate surface area is 184 Å². The Bertz CT molecular complexity index is 1290. The maximum absolute atomic E-state index is 14.2. The van der Waals surface area contributed by atoms with Crippen molar-refractivity contribution < 1.29 is 22.3 Å². The van der Waals surface area contributed by atoms with Crippen LogP contribution in [0.5, 0.6) is 5.88 Å². The molecule has 10 nitrogen and oxygen atoms in total. The van der Waals surface area contributed by atoms with Crippen LogP contribution in [0.3, 0.4) is 0 Å². The molecule has 3 heterocycles. The average Bonchev–Trinajstić information content (AvgIpc) is 3.31. The Morgan fingerprint density at radius 1 is 1.31 bits per heavy atom. The molecule has 32 heavy (non-hydrogen) atoms. The van der Waals surface area contributed by atoms with Crippen molar-refractivity contribution in [2.24, 2.45) is 7.05 Å². The number of hydrogen-bond acceptors (Lipinski definition) is 7. The van der Waals surface area contributed by atoms with Crippen LogP contribution in [0.15, 0.2) is 24.5 Å². The maximum atomic E-state index is 14.2. The predicted molar refractivity (Wildman–Crippen MR) is 116 cm³/mol. The molecule has 1 atom stereocenters. The van der Waals surface area contributed by atoms with Gasteiger partial charge in [-0.05, 0) is 18.2 Å². The number of amides is 1. The molecule has 1 amide bonds. The standard InChI is InChI=1S/C20H23FN6O4S/c1-4-16(28)27-6-5-15(10-27)31-20-17-19(22-11-23-20)26(2)18(24-17)12-7-13(21)9-14(8-12)25-32(3,29)30/h7-9,11,15,25H,4-6,10H2,1-3H3/t15-/m0/s1. The van der Waals surface area contributed by atoms with Gasteiger partial charge < -0.3 is 14.2 Å². The van der Waals surface area contributed by atoms with E-state index in [0.29, 0.717) is 48.5 Å². The summed E-state index contributed by atoms with van der Waals surface area (Å²) in [4.78, 5) is 26.7. The molecule has 1 N–H and O–H groups in total. The molecule has 0 radical (unpaired) electrons. The first-order valence-electron chi connectivity index (χ1n) is 10.0. The molecule has 3 aromatic rings. The van der Waals surface area contributed by atoms with Crippen LogP contribution in [-0.2, 0) is 21.9 Å². The summed E-state index contributed by atoms with van der Waals surface area (Å²) in [6, 6.07) is 3.84. The molecule has 1 aromatic carbocycles. The van der Waals surface area contributed by atoms with Gasteiger partial charge in [0.2, 0.25) is 21.8 Å². The minimum absolute atomic E-state index is 0.0775. The molecular formula is C20H23FN6O4S. The van der Waals surface area contributed by atoms with Gasteiger partial charge in [-0.25, -0.2) is 22.8 Å². The summed E-state index contributed by atoms with van der Waals surface area (Å²) in [6.45, 7) is 2.92. The van der Waals surface area contributed by atoms with E-state index in [1.54, 1.807) is 16.5 Å². The van der Waals surface area contributed by atoms with Crippen molar-refractivity contribution in [2.45, 2.75) is 25.9 Å². The van der Waals surface area contributed by atoms with Crippen LogP contribution < -0.4 is 9.46 Å². The smallest absolute Gasteiger partial charge is 0.245 e. The lowest BCUT2D eigenvalue weighted by molar-refractivity contribution is -0.130. The highest BCUT2D eigenvalue weighted by atomic mass is 32.2. The van der Waals surface area contributed by atoms with Gasteiger partial charge in [-0.2, -0.15) is 4.98 Å². The summed E-state index contributed by atoms with van der Waals surface area (Å²) in [7, 11) is -1.86. The minimum atomic E-state index is -3.57. The van der Waals surface area contributed by atoms with Crippen LogP contribution in [0.25, 0.3) is 22.6 Å². The summed E-state index contributed by atoms with van der Waals surface area (Å²) in [5.74, 6) is 0.109. The van der Waals surface area contributed by atoms with Crippen LogP contribution in [0.4, 0.5) is 10.1 Å². The largest absolute Gasteiger partial charge is 0.471 e. The van der Waals surface area contributed by atoms with Crippen molar-refractivity contribution in [2.75, 3.05) is 24.1 Å². The van der Waals surface area contributed by atoms with Crippen molar-refractivity contribution in [1.82, 2.24) is 24.4 Å². The number of rotatable bonds is 6. The van der Waals surface area contributed by atoms with E-state index in [1.807, 2.05) is 6.92 Å². The average molecular weight is 463 g/mol. The van der Waals surface area contributed by atoms with Crippen molar-refractivity contribution >= 4 is 32.8 Å². The highest BCUT2D eigenvalue weighted by Crippen LogP contribution is 2.30. The number of sulfonamides is 1. The van der Waals surface area contributed by atoms with Crippen molar-refractivity contribution in [3.63, 3.8) is 0 Å². The molecule has 4 rings (SSSR count). The number of fused-ring (bicyclic) bond motifs is 1. The number of nitrogens with one attached hydrogen (secondary N) is 1. The third kappa shape index (κ3) is 4.49. The summed E-state index contributed by atoms with van der Waals surface area (Å²) < 4.78 is 47.3. The minimum Gasteiger partial charge on any atom is -0.471 e. The summed E-state index contributed by atoms with van der Waals surface area (Å²) in [6.07, 6.45) is 3.26. The first-order chi connectivity index (χ1) is 15.1. The predicted octanol–water partition coefficient (Wildman–Crippen LogP) is 1.93. The lowest BCUT2D eigenvalue weighted by atomic mass is 10.2. The molecule has 1 fully saturated rings. The Balaban J connectivity index is 1.68. The number of imidazole rings is 1. The number of carbonyl (C=O) groups is 1. The summed E-state index contributed by atoms with van der Waals surface area (Å²) in [5.41, 5.74) is 1.32. The number of benzene rings is 1. The zero-order valence-corrected chi connectivity index (χ0v) is 18.7. The number of aromatic nitrogens is 4. The second-order valence-electron chi connectivity index (χ2n) is 7.67. The van der Waals surface area contributed by atoms with E-state index in [-0.39, 0.29) is 23.6 Å². The second kappa shape index (κ2) is 8.34. The number of hydrogen-bond donors (Lipinski definition) is 1. The van der Waals surface area contributed by atoms with E-state index in [0.717, 1.165) is 12.3 Å². The number of anilines is 1. The van der Waals surface area contributed by atoms with Crippen LogP contribution in [-0.4, -0.2) is 64.2 Å². The van der Waals surface area contributed by atoms with Gasteiger partial charge in [0.25, 0.3) is 0 Å². The van der Waals surface area contributed by atoms with E-state index in [2.05, 4.69) is 19.7 Å². The molecule has 12 heteroatoms. The molecule has 1 aliphatic heterocycles. The number of likely N-dealkylation sites (tertiary alicyclic amines) is 1. The van der Waals surface area contributed by atoms with Crippen molar-refractivity contribution in [3.05, 3.63) is 30.3 Å². The molecule has 0 aliphatic carbocycles. The Morgan fingerprint density at radius 3 is 2.81 bits per heavy atom. The molecule has 0 spiro atoms. The van der Waals surface area contributed by atoms with Crippen LogP contribution >= 0.6 is 0 Å². The van der Waals surface area contributed by atoms with Crippen molar-refractivity contribution in [3.8, 4) is 17.3 Å². The monoisotopic (exact) mass is 462 g/mol. The lowest BCUT2D eigenvalue weighted by Crippen LogP contribution is -2.30. The van der Waals surface area contributed by atoms with E-state index < -0.39 is 15.8 Å². The molecule has 1 aliphatic rings. The van der Waals surface area contributed by atoms with Gasteiger partial charge >= 0.3 is 0 Å². The quantitative estimate of drug-likeness (QED) is 0.594. The van der Waals surface area contributed by atoms with Gasteiger partial charge in [-0.1, -0.05) is 6.92 Å². The number of aryl methyl sites for hydroxylation is 1. The fraction of sp³-hybridized carbons (Fsp3) is 0.400. The summed E-state index contributed by atoms with van der Waals surface area (Å²) >= 11 is 0. The fourth-order valence-corrected chi connectivity index (χ4v) is 4.29. The van der Waals surface area contributed by atoms with Crippen LogP contribution in [0.1, 0.15) is 19.8 Å². The molecular weight excluding hydrogens is 439 g/mol. The van der Waals surface area contributed by atoms with E-state index >= 15 is 0 Å². The van der Waals surface area contributed by atoms with Crippen molar-refractivity contribution in [1.29, 1.82) is 0 Å². The Morgan fingerprint density at radius 2 is 2.09 bits per heavy atom. The zero-order valence-electron chi connectivity index (χ0n) is 17.9. The zero-order chi connectivity index (χ0) is 23.0. The third-order valence-corrected chi connectivity index (χ3v) is 5.77. The Kier molecular flexibility index (Phi) is 5.71. The fourth-order valence-electron chi connectivity index (χ4n) is 3.75. The van der Waals surface area contributed by atoms with Gasteiger partial charge in [0.05, 0.1) is 18.5 Å². The van der Waals surface area contributed by atoms with Gasteiger partial charge in [0.15, 0.2) is 11.2 Å².